The number of nitrogens with one attached hydrogen (secondary N) is 2. The molecule has 10 heteroatoms. The van der Waals surface area contributed by atoms with E-state index in [1.54, 1.807) is 12.1 Å². The molecule has 8 N–H and O–H groups in total. The van der Waals surface area contributed by atoms with Gasteiger partial charge in [0, 0.05) is 70.2 Å². The van der Waals surface area contributed by atoms with Crippen molar-refractivity contribution in [3.63, 3.8) is 0 Å². The summed E-state index contributed by atoms with van der Waals surface area (Å²) in [7, 11) is 3.06. The number of phenols is 6. The second kappa shape index (κ2) is 13.2. The quantitative estimate of drug-likeness (QED) is 0.0859. The van der Waals surface area contributed by atoms with Gasteiger partial charge in [0.05, 0.1) is 25.0 Å². The summed E-state index contributed by atoms with van der Waals surface area (Å²) in [5.74, 6) is 0.199. The van der Waals surface area contributed by atoms with Crippen molar-refractivity contribution in [2.45, 2.75) is 72.1 Å². The Morgan fingerprint density at radius 1 is 0.545 bits per heavy atom. The Labute approximate surface area is 319 Å². The average molecular weight is 743 g/mol. The van der Waals surface area contributed by atoms with Crippen LogP contribution < -0.4 is 20.1 Å². The van der Waals surface area contributed by atoms with Crippen LogP contribution in [0, 0.1) is 13.8 Å². The van der Waals surface area contributed by atoms with Crippen molar-refractivity contribution in [2.24, 2.45) is 0 Å². The molecule has 2 heterocycles. The Hall–Kier alpha value is -5.84. The minimum absolute atomic E-state index is 0.0113. The van der Waals surface area contributed by atoms with Crippen molar-refractivity contribution in [1.29, 1.82) is 0 Å². The Morgan fingerprint density at radius 2 is 1.04 bits per heavy atom. The SMILES string of the molecule is COc1cc(C)cc2c(-c3c(O)cc(O)c4c3C[C@@H](C)NC4)cc(-c3cc(-c4c(O)cc(O)c5c4C[C@@H](C)NC5C)c4cc(C)cc(OC)c4c3O)c(O)c12. The van der Waals surface area contributed by atoms with Crippen LogP contribution in [0.3, 0.4) is 0 Å². The minimum atomic E-state index is -0.206. The Morgan fingerprint density at radius 3 is 1.56 bits per heavy atom. The van der Waals surface area contributed by atoms with E-state index in [1.807, 2.05) is 52.0 Å². The summed E-state index contributed by atoms with van der Waals surface area (Å²) in [5, 5.41) is 79.2. The molecule has 0 aromatic heterocycles. The van der Waals surface area contributed by atoms with Crippen LogP contribution in [0.2, 0.25) is 0 Å². The lowest BCUT2D eigenvalue weighted by Crippen LogP contribution is -2.36. The van der Waals surface area contributed by atoms with Gasteiger partial charge < -0.3 is 50.7 Å². The molecule has 0 saturated carbocycles. The highest BCUT2D eigenvalue weighted by molar-refractivity contribution is 6.13. The number of aryl methyl sites for hydroxylation is 2. The molecule has 0 spiro atoms. The van der Waals surface area contributed by atoms with Crippen molar-refractivity contribution in [1.82, 2.24) is 10.6 Å². The second-order valence-corrected chi connectivity index (χ2v) is 15.3. The Kier molecular flexibility index (Phi) is 8.66. The number of methoxy groups -OCH3 is 2. The summed E-state index contributed by atoms with van der Waals surface area (Å²) in [6.45, 7) is 10.3. The highest BCUT2D eigenvalue weighted by Gasteiger charge is 2.32. The average Bonchev–Trinajstić information content (AvgIpc) is 3.12. The van der Waals surface area contributed by atoms with E-state index in [2.05, 4.69) is 17.6 Å². The van der Waals surface area contributed by atoms with Crippen molar-refractivity contribution in [3.8, 4) is 79.4 Å². The van der Waals surface area contributed by atoms with Crippen molar-refractivity contribution in [2.75, 3.05) is 14.2 Å². The molecule has 0 aliphatic carbocycles. The maximum atomic E-state index is 12.4. The fraction of sp³-hybridized carbons (Fsp3) is 0.289. The summed E-state index contributed by atoms with van der Waals surface area (Å²) in [6.07, 6.45) is 1.03. The summed E-state index contributed by atoms with van der Waals surface area (Å²) < 4.78 is 11.8. The summed E-state index contributed by atoms with van der Waals surface area (Å²) in [6, 6.07) is 13.6. The lowest BCUT2D eigenvalue weighted by Gasteiger charge is -2.32. The lowest BCUT2D eigenvalue weighted by molar-refractivity contribution is 0.402. The molecule has 6 aromatic carbocycles. The molecule has 0 fully saturated rings. The number of hydrogen-bond acceptors (Lipinski definition) is 10. The molecule has 0 amide bonds. The monoisotopic (exact) mass is 742 g/mol. The van der Waals surface area contributed by atoms with Crippen LogP contribution in [0.25, 0.3) is 54.9 Å². The van der Waals surface area contributed by atoms with E-state index in [9.17, 15) is 30.6 Å². The Bertz CT molecular complexity index is 2600. The maximum Gasteiger partial charge on any atom is 0.135 e. The van der Waals surface area contributed by atoms with Crippen LogP contribution in [0.1, 0.15) is 60.2 Å². The molecule has 2 aliphatic rings. The van der Waals surface area contributed by atoms with E-state index in [4.69, 9.17) is 9.47 Å². The highest BCUT2D eigenvalue weighted by atomic mass is 16.5. The van der Waals surface area contributed by atoms with Crippen molar-refractivity contribution in [3.05, 3.63) is 81.9 Å². The number of phenolic OH excluding ortho intramolecular Hbond substituents is 6. The number of fused-ring (bicyclic) bond motifs is 4. The van der Waals surface area contributed by atoms with E-state index in [0.29, 0.717) is 85.8 Å². The van der Waals surface area contributed by atoms with Gasteiger partial charge in [0.15, 0.2) is 0 Å². The summed E-state index contributed by atoms with van der Waals surface area (Å²) in [4.78, 5) is 0. The zero-order valence-corrected chi connectivity index (χ0v) is 32.0. The van der Waals surface area contributed by atoms with Crippen LogP contribution in [-0.2, 0) is 19.4 Å². The summed E-state index contributed by atoms with van der Waals surface area (Å²) >= 11 is 0. The zero-order valence-electron chi connectivity index (χ0n) is 32.0. The first kappa shape index (κ1) is 36.2. The molecular weight excluding hydrogens is 697 g/mol. The van der Waals surface area contributed by atoms with Crippen molar-refractivity contribution >= 4 is 21.5 Å². The van der Waals surface area contributed by atoms with E-state index in [1.165, 1.54) is 26.4 Å². The van der Waals surface area contributed by atoms with Gasteiger partial charge >= 0.3 is 0 Å². The zero-order chi connectivity index (χ0) is 39.2. The van der Waals surface area contributed by atoms with Gasteiger partial charge in [-0.05, 0) is 116 Å². The lowest BCUT2D eigenvalue weighted by atomic mass is 9.81. The van der Waals surface area contributed by atoms with E-state index in [0.717, 1.165) is 22.3 Å². The van der Waals surface area contributed by atoms with Gasteiger partial charge in [-0.15, -0.1) is 0 Å². The standard InChI is InChI=1S/C45H46N2O8/c1-19-8-24-27(40-26-12-21(3)46-18-32(26)33(48)16-35(40)50)14-29(44(52)42(24)37(10-19)54-6)30-15-28(25-9-20(2)11-38(55-7)43(25)45(30)53)41-31-13-22(4)47-23(5)39(31)34(49)17-36(41)51/h8-11,14-17,21-23,46-53H,12-13,18H2,1-7H3/t21-,22-,23?/m1/s1. The van der Waals surface area contributed by atoms with Gasteiger partial charge in [-0.1, -0.05) is 12.1 Å². The van der Waals surface area contributed by atoms with Gasteiger partial charge in [0.1, 0.15) is 46.0 Å². The Balaban J connectivity index is 1.55. The molecule has 3 atom stereocenters. The number of aromatic hydroxyl groups is 6. The maximum absolute atomic E-state index is 12.4. The van der Waals surface area contributed by atoms with Gasteiger partial charge in [-0.2, -0.15) is 0 Å². The fourth-order valence-electron chi connectivity index (χ4n) is 9.14. The smallest absolute Gasteiger partial charge is 0.135 e. The normalized spacial score (nSPS) is 18.0. The van der Waals surface area contributed by atoms with Gasteiger partial charge in [-0.25, -0.2) is 0 Å². The fourth-order valence-corrected chi connectivity index (χ4v) is 9.14. The molecule has 284 valence electrons. The van der Waals surface area contributed by atoms with E-state index in [-0.39, 0.29) is 63.7 Å². The van der Waals surface area contributed by atoms with Gasteiger partial charge in [0.2, 0.25) is 0 Å². The molecule has 8 rings (SSSR count). The molecule has 0 radical (unpaired) electrons. The topological polar surface area (TPSA) is 164 Å². The van der Waals surface area contributed by atoms with Gasteiger partial charge in [-0.3, -0.25) is 0 Å². The van der Waals surface area contributed by atoms with Crippen LogP contribution in [0.4, 0.5) is 0 Å². The predicted octanol–water partition coefficient (Wildman–Crippen LogP) is 8.49. The molecule has 0 bridgehead atoms. The molecule has 10 nitrogen and oxygen atoms in total. The minimum Gasteiger partial charge on any atom is -0.507 e. The molecule has 6 aromatic rings. The van der Waals surface area contributed by atoms with Gasteiger partial charge in [0.25, 0.3) is 0 Å². The number of rotatable bonds is 5. The first-order chi connectivity index (χ1) is 26.2. The third kappa shape index (κ3) is 5.62. The molecular formula is C45H46N2O8. The predicted molar refractivity (Wildman–Crippen MR) is 215 cm³/mol. The second-order valence-electron chi connectivity index (χ2n) is 15.3. The van der Waals surface area contributed by atoms with Crippen LogP contribution in [0.5, 0.6) is 46.0 Å². The third-order valence-corrected chi connectivity index (χ3v) is 11.5. The number of hydrogen-bond donors (Lipinski definition) is 8. The molecule has 1 unspecified atom stereocenters. The molecule has 0 saturated heterocycles. The van der Waals surface area contributed by atoms with Crippen molar-refractivity contribution < 1.29 is 40.1 Å². The summed E-state index contributed by atoms with van der Waals surface area (Å²) in [5.41, 5.74) is 7.28. The molecule has 55 heavy (non-hydrogen) atoms. The third-order valence-electron chi connectivity index (χ3n) is 11.5. The van der Waals surface area contributed by atoms with Crippen LogP contribution in [0.15, 0.2) is 48.5 Å². The van der Waals surface area contributed by atoms with Crippen LogP contribution >= 0.6 is 0 Å². The van der Waals surface area contributed by atoms with E-state index >= 15 is 0 Å². The largest absolute Gasteiger partial charge is 0.507 e. The first-order valence-corrected chi connectivity index (χ1v) is 18.6. The number of ether oxygens (including phenoxy) is 2. The van der Waals surface area contributed by atoms with E-state index < -0.39 is 0 Å². The number of benzene rings is 6. The first-order valence-electron chi connectivity index (χ1n) is 18.6. The highest BCUT2D eigenvalue weighted by Crippen LogP contribution is 2.55. The molecule has 2 aliphatic heterocycles. The van der Waals surface area contributed by atoms with Crippen LogP contribution in [-0.4, -0.2) is 56.9 Å².